The molecule has 2 amide bonds. The summed E-state index contributed by atoms with van der Waals surface area (Å²) in [6, 6.07) is 7.66. The predicted molar refractivity (Wildman–Crippen MR) is 99.2 cm³/mol. The Morgan fingerprint density at radius 1 is 1.36 bits per heavy atom. The molecule has 1 aromatic heterocycles. The van der Waals surface area contributed by atoms with Gasteiger partial charge in [-0.2, -0.15) is 0 Å². The van der Waals surface area contributed by atoms with Gasteiger partial charge in [-0.05, 0) is 22.9 Å². The zero-order valence-corrected chi connectivity index (χ0v) is 15.9. The highest BCUT2D eigenvalue weighted by atomic mass is 16.5. The summed E-state index contributed by atoms with van der Waals surface area (Å²) in [4.78, 5) is 26.5. The van der Waals surface area contributed by atoms with E-state index in [4.69, 9.17) is 4.74 Å². The van der Waals surface area contributed by atoms with Crippen molar-refractivity contribution in [3.05, 3.63) is 36.2 Å². The van der Waals surface area contributed by atoms with Crippen molar-refractivity contribution in [2.45, 2.75) is 50.3 Å². The fraction of sp³-hybridized carbons (Fsp3) is 0.526. The van der Waals surface area contributed by atoms with Crippen LogP contribution in [0.2, 0.25) is 0 Å². The molecule has 1 fully saturated rings. The van der Waals surface area contributed by atoms with E-state index >= 15 is 0 Å². The molecule has 0 aliphatic carbocycles. The van der Waals surface area contributed by atoms with Crippen LogP contribution in [0.25, 0.3) is 0 Å². The van der Waals surface area contributed by atoms with E-state index in [9.17, 15) is 9.59 Å². The summed E-state index contributed by atoms with van der Waals surface area (Å²) in [7, 11) is 1.83. The standard InChI is InChI=1S/C19H24N6O3/c1-24-11-9-19(8-6-18(24)27)12-15(14-4-2-3-5-16(14)28-19)21-17(26)7-10-25-13-20-22-23-25/h2-5,13,15H,6-12H2,1H3,(H,21,26). The summed E-state index contributed by atoms with van der Waals surface area (Å²) >= 11 is 0. The second-order valence-corrected chi connectivity index (χ2v) is 7.54. The Morgan fingerprint density at radius 3 is 3.04 bits per heavy atom. The van der Waals surface area contributed by atoms with E-state index in [2.05, 4.69) is 20.8 Å². The Kier molecular flexibility index (Phi) is 4.97. The molecule has 0 radical (unpaired) electrons. The molecular weight excluding hydrogens is 360 g/mol. The number of hydrogen-bond donors (Lipinski definition) is 1. The van der Waals surface area contributed by atoms with Crippen LogP contribution >= 0.6 is 0 Å². The topological polar surface area (TPSA) is 102 Å². The van der Waals surface area contributed by atoms with E-state index in [-0.39, 0.29) is 17.9 Å². The zero-order valence-electron chi connectivity index (χ0n) is 15.9. The van der Waals surface area contributed by atoms with Crippen LogP contribution in [0.5, 0.6) is 5.75 Å². The van der Waals surface area contributed by atoms with E-state index in [1.165, 1.54) is 11.0 Å². The van der Waals surface area contributed by atoms with Gasteiger partial charge in [0.2, 0.25) is 11.8 Å². The molecule has 3 heterocycles. The smallest absolute Gasteiger partial charge is 0.222 e. The van der Waals surface area contributed by atoms with E-state index in [1.807, 2.05) is 31.3 Å². The molecule has 0 bridgehead atoms. The van der Waals surface area contributed by atoms with Crippen molar-refractivity contribution < 1.29 is 14.3 Å². The van der Waals surface area contributed by atoms with Crippen LogP contribution in [-0.2, 0) is 16.1 Å². The monoisotopic (exact) mass is 384 g/mol. The second-order valence-electron chi connectivity index (χ2n) is 7.54. The van der Waals surface area contributed by atoms with E-state index in [1.54, 1.807) is 4.90 Å². The summed E-state index contributed by atoms with van der Waals surface area (Å²) in [5.41, 5.74) is 0.538. The number of fused-ring (bicyclic) bond motifs is 1. The average molecular weight is 384 g/mol. The van der Waals surface area contributed by atoms with Gasteiger partial charge >= 0.3 is 0 Å². The number of ether oxygens (including phenoxy) is 1. The van der Waals surface area contributed by atoms with Gasteiger partial charge in [-0.1, -0.05) is 18.2 Å². The third-order valence-corrected chi connectivity index (χ3v) is 5.61. The fourth-order valence-electron chi connectivity index (χ4n) is 3.97. The summed E-state index contributed by atoms with van der Waals surface area (Å²) in [6.07, 6.45) is 4.30. The molecule has 1 N–H and O–H groups in total. The molecule has 2 atom stereocenters. The minimum Gasteiger partial charge on any atom is -0.487 e. The normalized spacial score (nSPS) is 24.4. The van der Waals surface area contributed by atoms with Crippen molar-refractivity contribution in [1.29, 1.82) is 0 Å². The molecule has 2 unspecified atom stereocenters. The maximum atomic E-state index is 12.6. The summed E-state index contributed by atoms with van der Waals surface area (Å²) in [6.45, 7) is 1.08. The number of nitrogens with zero attached hydrogens (tertiary/aromatic N) is 5. The lowest BCUT2D eigenvalue weighted by Gasteiger charge is -2.42. The van der Waals surface area contributed by atoms with Crippen LogP contribution in [0.4, 0.5) is 0 Å². The number of para-hydroxylation sites is 1. The molecule has 9 nitrogen and oxygen atoms in total. The molecule has 9 heteroatoms. The minimum atomic E-state index is -0.442. The first-order chi connectivity index (χ1) is 13.5. The number of tetrazole rings is 1. The van der Waals surface area contributed by atoms with Crippen molar-refractivity contribution in [3.8, 4) is 5.75 Å². The van der Waals surface area contributed by atoms with Crippen LogP contribution < -0.4 is 10.1 Å². The molecule has 1 saturated heterocycles. The van der Waals surface area contributed by atoms with Gasteiger partial charge in [0, 0.05) is 44.8 Å². The van der Waals surface area contributed by atoms with Gasteiger partial charge in [-0.3, -0.25) is 9.59 Å². The molecule has 148 valence electrons. The SMILES string of the molecule is CN1CCC2(CCC1=O)CC(NC(=O)CCn1cnnn1)c1ccccc1O2. The first-order valence-electron chi connectivity index (χ1n) is 9.57. The lowest BCUT2D eigenvalue weighted by Crippen LogP contribution is -2.46. The Morgan fingerprint density at radius 2 is 2.21 bits per heavy atom. The van der Waals surface area contributed by atoms with Crippen molar-refractivity contribution in [3.63, 3.8) is 0 Å². The molecule has 4 rings (SSSR count). The zero-order chi connectivity index (χ0) is 19.6. The molecule has 2 aliphatic rings. The van der Waals surface area contributed by atoms with Crippen LogP contribution in [0.15, 0.2) is 30.6 Å². The highest BCUT2D eigenvalue weighted by Crippen LogP contribution is 2.44. The Hall–Kier alpha value is -2.97. The van der Waals surface area contributed by atoms with Gasteiger partial charge in [0.1, 0.15) is 17.7 Å². The number of carbonyl (C=O) groups is 2. The van der Waals surface area contributed by atoms with Crippen LogP contribution in [0.3, 0.4) is 0 Å². The van der Waals surface area contributed by atoms with Gasteiger partial charge in [-0.25, -0.2) is 4.68 Å². The number of hydrogen-bond acceptors (Lipinski definition) is 6. The summed E-state index contributed by atoms with van der Waals surface area (Å²) < 4.78 is 7.94. The van der Waals surface area contributed by atoms with E-state index in [0.29, 0.717) is 38.8 Å². The largest absolute Gasteiger partial charge is 0.487 e. The minimum absolute atomic E-state index is 0.0610. The molecular formula is C19H24N6O3. The number of nitrogens with one attached hydrogen (secondary N) is 1. The number of likely N-dealkylation sites (tertiary alicyclic amines) is 1. The maximum absolute atomic E-state index is 12.6. The first-order valence-corrected chi connectivity index (χ1v) is 9.57. The molecule has 1 spiro atoms. The van der Waals surface area contributed by atoms with Crippen molar-refractivity contribution >= 4 is 11.8 Å². The molecule has 28 heavy (non-hydrogen) atoms. The highest BCUT2D eigenvalue weighted by molar-refractivity contribution is 5.77. The highest BCUT2D eigenvalue weighted by Gasteiger charge is 2.43. The third kappa shape index (κ3) is 3.83. The van der Waals surface area contributed by atoms with Gasteiger partial charge in [0.05, 0.1) is 12.6 Å². The molecule has 2 aromatic rings. The third-order valence-electron chi connectivity index (χ3n) is 5.61. The molecule has 2 aliphatic heterocycles. The number of amides is 2. The quantitative estimate of drug-likeness (QED) is 0.846. The van der Waals surface area contributed by atoms with Crippen LogP contribution in [-0.4, -0.2) is 56.1 Å². The van der Waals surface area contributed by atoms with Gasteiger partial charge in [0.15, 0.2) is 0 Å². The summed E-state index contributed by atoms with van der Waals surface area (Å²) in [5.74, 6) is 0.868. The van der Waals surface area contributed by atoms with Crippen molar-refractivity contribution in [1.82, 2.24) is 30.4 Å². The van der Waals surface area contributed by atoms with Crippen molar-refractivity contribution in [2.24, 2.45) is 0 Å². The number of benzene rings is 1. The number of rotatable bonds is 4. The summed E-state index contributed by atoms with van der Waals surface area (Å²) in [5, 5.41) is 14.1. The Bertz CT molecular complexity index is 855. The predicted octanol–water partition coefficient (Wildman–Crippen LogP) is 1.08. The Balaban J connectivity index is 1.50. The number of aromatic nitrogens is 4. The lowest BCUT2D eigenvalue weighted by atomic mass is 9.82. The van der Waals surface area contributed by atoms with Gasteiger partial charge < -0.3 is 15.0 Å². The lowest BCUT2D eigenvalue weighted by molar-refractivity contribution is -0.129. The average Bonchev–Trinajstić information content (AvgIpc) is 3.18. The Labute approximate surface area is 163 Å². The number of carbonyl (C=O) groups excluding carboxylic acids is 2. The van der Waals surface area contributed by atoms with Crippen LogP contribution in [0.1, 0.15) is 43.7 Å². The molecule has 0 saturated carbocycles. The van der Waals surface area contributed by atoms with E-state index in [0.717, 1.165) is 17.7 Å². The fourth-order valence-corrected chi connectivity index (χ4v) is 3.97. The van der Waals surface area contributed by atoms with Gasteiger partial charge in [-0.15, -0.1) is 5.10 Å². The second kappa shape index (κ2) is 7.57. The van der Waals surface area contributed by atoms with Gasteiger partial charge in [0.25, 0.3) is 0 Å². The molecule has 1 aromatic carbocycles. The van der Waals surface area contributed by atoms with Crippen molar-refractivity contribution in [2.75, 3.05) is 13.6 Å². The first kappa shape index (κ1) is 18.4. The number of aryl methyl sites for hydroxylation is 1. The van der Waals surface area contributed by atoms with Crippen LogP contribution in [0, 0.1) is 0 Å². The maximum Gasteiger partial charge on any atom is 0.222 e. The van der Waals surface area contributed by atoms with E-state index < -0.39 is 5.60 Å².